The van der Waals surface area contributed by atoms with Crippen LogP contribution in [0.4, 0.5) is 0 Å². The number of nitrogens with zero attached hydrogens (tertiary/aromatic N) is 1. The number of hydrogen-bond acceptors (Lipinski definition) is 4. The molecule has 0 bridgehead atoms. The Morgan fingerprint density at radius 1 is 1.25 bits per heavy atom. The molecule has 1 saturated carbocycles. The molecular weight excluding hydrogens is 254 g/mol. The van der Waals surface area contributed by atoms with Crippen LogP contribution in [-0.2, 0) is 0 Å². The third kappa shape index (κ3) is 5.67. The Morgan fingerprint density at radius 2 is 1.95 bits per heavy atom. The van der Waals surface area contributed by atoms with E-state index < -0.39 is 0 Å². The molecule has 2 unspecified atom stereocenters. The third-order valence-corrected chi connectivity index (χ3v) is 4.42. The van der Waals surface area contributed by atoms with Gasteiger partial charge in [-0.2, -0.15) is 0 Å². The number of hydrogen-bond donors (Lipinski definition) is 4. The summed E-state index contributed by atoms with van der Waals surface area (Å²) in [6.45, 7) is 4.91. The highest BCUT2D eigenvalue weighted by atomic mass is 16.4. The van der Waals surface area contributed by atoms with E-state index in [1.54, 1.807) is 0 Å². The molecule has 5 N–H and O–H groups in total. The summed E-state index contributed by atoms with van der Waals surface area (Å²) in [6, 6.07) is 0.259. The molecule has 0 aromatic heterocycles. The Labute approximate surface area is 122 Å². The van der Waals surface area contributed by atoms with E-state index >= 15 is 0 Å². The maximum absolute atomic E-state index is 10.0. The molecule has 0 aliphatic heterocycles. The third-order valence-electron chi connectivity index (χ3n) is 4.42. The van der Waals surface area contributed by atoms with Crippen molar-refractivity contribution in [3.05, 3.63) is 0 Å². The van der Waals surface area contributed by atoms with Crippen LogP contribution in [0.2, 0.25) is 0 Å². The lowest BCUT2D eigenvalue weighted by molar-refractivity contribution is 0.120. The van der Waals surface area contributed by atoms with Crippen LogP contribution in [-0.4, -0.2) is 34.8 Å². The van der Waals surface area contributed by atoms with E-state index in [-0.39, 0.29) is 17.6 Å². The first-order valence-corrected chi connectivity index (χ1v) is 7.87. The van der Waals surface area contributed by atoms with E-state index in [4.69, 9.17) is 10.9 Å². The number of aliphatic hydroxyl groups excluding tert-OH is 1. The van der Waals surface area contributed by atoms with Crippen molar-refractivity contribution in [3.63, 3.8) is 0 Å². The summed E-state index contributed by atoms with van der Waals surface area (Å²) < 4.78 is 0. The minimum absolute atomic E-state index is 0.189. The molecule has 0 aromatic rings. The molecule has 20 heavy (non-hydrogen) atoms. The normalized spacial score (nSPS) is 25.4. The van der Waals surface area contributed by atoms with Crippen molar-refractivity contribution in [1.29, 1.82) is 0 Å². The number of rotatable bonds is 7. The first-order valence-electron chi connectivity index (χ1n) is 7.87. The average molecular weight is 285 g/mol. The van der Waals surface area contributed by atoms with E-state index in [1.165, 1.54) is 12.8 Å². The van der Waals surface area contributed by atoms with Gasteiger partial charge in [0.2, 0.25) is 0 Å². The molecule has 0 radical (unpaired) electrons. The van der Waals surface area contributed by atoms with Crippen molar-refractivity contribution in [2.24, 2.45) is 16.3 Å². The quantitative estimate of drug-likeness (QED) is 0.144. The molecule has 5 heteroatoms. The van der Waals surface area contributed by atoms with Crippen LogP contribution in [0.1, 0.15) is 65.2 Å². The zero-order chi connectivity index (χ0) is 15.0. The summed E-state index contributed by atoms with van der Waals surface area (Å²) in [6.07, 6.45) is 8.39. The fourth-order valence-electron chi connectivity index (χ4n) is 2.77. The van der Waals surface area contributed by atoms with Gasteiger partial charge < -0.3 is 21.4 Å². The van der Waals surface area contributed by atoms with Gasteiger partial charge >= 0.3 is 0 Å². The second-order valence-electron chi connectivity index (χ2n) is 6.59. The van der Waals surface area contributed by atoms with Crippen LogP contribution < -0.4 is 11.1 Å². The number of nitrogens with two attached hydrogens (primary N) is 1. The van der Waals surface area contributed by atoms with Gasteiger partial charge in [-0.05, 0) is 32.2 Å². The van der Waals surface area contributed by atoms with Crippen LogP contribution >= 0.6 is 0 Å². The summed E-state index contributed by atoms with van der Waals surface area (Å²) in [7, 11) is 0. The van der Waals surface area contributed by atoms with E-state index in [2.05, 4.69) is 10.5 Å². The number of aliphatic hydroxyl groups is 1. The van der Waals surface area contributed by atoms with Crippen LogP contribution in [0, 0.1) is 5.41 Å². The molecule has 1 aliphatic carbocycles. The smallest absolute Gasteiger partial charge is 0.144 e. The maximum atomic E-state index is 10.0. The first-order chi connectivity index (χ1) is 9.47. The van der Waals surface area contributed by atoms with Crippen LogP contribution in [0.3, 0.4) is 0 Å². The van der Waals surface area contributed by atoms with E-state index in [0.29, 0.717) is 5.84 Å². The molecule has 1 aliphatic rings. The highest BCUT2D eigenvalue weighted by Crippen LogP contribution is 2.23. The topological polar surface area (TPSA) is 90.9 Å². The Balaban J connectivity index is 2.18. The molecule has 5 nitrogen and oxygen atoms in total. The largest absolute Gasteiger partial charge is 0.409 e. The molecule has 0 amide bonds. The molecule has 0 saturated heterocycles. The molecule has 0 spiro atoms. The summed E-state index contributed by atoms with van der Waals surface area (Å²) in [5.41, 5.74) is 5.42. The Bertz CT molecular complexity index is 305. The second kappa shape index (κ2) is 8.47. The van der Waals surface area contributed by atoms with Gasteiger partial charge in [0, 0.05) is 11.5 Å². The summed E-state index contributed by atoms with van der Waals surface area (Å²) >= 11 is 0. The van der Waals surface area contributed by atoms with Gasteiger partial charge in [-0.25, -0.2) is 0 Å². The van der Waals surface area contributed by atoms with E-state index in [0.717, 1.165) is 45.1 Å². The van der Waals surface area contributed by atoms with Gasteiger partial charge in [0.25, 0.3) is 0 Å². The molecule has 0 heterocycles. The zero-order valence-corrected chi connectivity index (χ0v) is 12.9. The fourth-order valence-corrected chi connectivity index (χ4v) is 2.77. The number of nitrogens with one attached hydrogen (secondary N) is 1. The molecule has 1 rings (SSSR count). The molecule has 0 aromatic carbocycles. The number of oxime groups is 1. The highest BCUT2D eigenvalue weighted by molar-refractivity contribution is 5.85. The molecule has 118 valence electrons. The molecular formula is C15H31N3O2. The highest BCUT2D eigenvalue weighted by Gasteiger charge is 2.23. The van der Waals surface area contributed by atoms with Crippen LogP contribution in [0.25, 0.3) is 0 Å². The van der Waals surface area contributed by atoms with Gasteiger partial charge in [-0.3, -0.25) is 0 Å². The van der Waals surface area contributed by atoms with Gasteiger partial charge in [0.15, 0.2) is 0 Å². The molecule has 2 atom stereocenters. The van der Waals surface area contributed by atoms with Crippen molar-refractivity contribution in [2.75, 3.05) is 6.54 Å². The Morgan fingerprint density at radius 3 is 2.65 bits per heavy atom. The van der Waals surface area contributed by atoms with Gasteiger partial charge in [-0.15, -0.1) is 0 Å². The van der Waals surface area contributed by atoms with Crippen LogP contribution in [0.15, 0.2) is 5.16 Å². The van der Waals surface area contributed by atoms with Crippen molar-refractivity contribution < 1.29 is 10.3 Å². The van der Waals surface area contributed by atoms with Crippen molar-refractivity contribution in [1.82, 2.24) is 5.32 Å². The van der Waals surface area contributed by atoms with E-state index in [9.17, 15) is 5.11 Å². The lowest BCUT2D eigenvalue weighted by Gasteiger charge is -2.24. The maximum Gasteiger partial charge on any atom is 0.144 e. The monoisotopic (exact) mass is 285 g/mol. The van der Waals surface area contributed by atoms with Gasteiger partial charge in [-0.1, -0.05) is 44.7 Å². The lowest BCUT2D eigenvalue weighted by Crippen LogP contribution is -2.39. The van der Waals surface area contributed by atoms with Crippen molar-refractivity contribution in [3.8, 4) is 0 Å². The van der Waals surface area contributed by atoms with Crippen molar-refractivity contribution in [2.45, 2.75) is 77.4 Å². The van der Waals surface area contributed by atoms with Crippen LogP contribution in [0.5, 0.6) is 0 Å². The fraction of sp³-hybridized carbons (Fsp3) is 0.933. The zero-order valence-electron chi connectivity index (χ0n) is 12.9. The SMILES string of the molecule is CC(C)(CCCCNC1CCCCCC1O)C(N)=NO. The van der Waals surface area contributed by atoms with Gasteiger partial charge in [0.05, 0.1) is 6.10 Å². The minimum atomic E-state index is -0.253. The standard InChI is InChI=1S/C15H31N3O2/c1-15(2,14(16)18-20)10-6-7-11-17-12-8-4-3-5-9-13(12)19/h12-13,17,19-20H,3-11H2,1-2H3,(H2,16,18). The average Bonchev–Trinajstić information content (AvgIpc) is 2.62. The summed E-state index contributed by atoms with van der Waals surface area (Å²) in [4.78, 5) is 0. The number of amidine groups is 1. The predicted octanol–water partition coefficient (Wildman–Crippen LogP) is 2.21. The van der Waals surface area contributed by atoms with E-state index in [1.807, 2.05) is 13.8 Å². The Kier molecular flexibility index (Phi) is 7.30. The first kappa shape index (κ1) is 17.2. The minimum Gasteiger partial charge on any atom is -0.409 e. The second-order valence-corrected chi connectivity index (χ2v) is 6.59. The molecule has 1 fully saturated rings. The lowest BCUT2D eigenvalue weighted by atomic mass is 9.86. The number of unbranched alkanes of at least 4 members (excludes halogenated alkanes) is 1. The Hall–Kier alpha value is -0.810. The summed E-state index contributed by atoms with van der Waals surface area (Å²) in [5.74, 6) is 0.296. The predicted molar refractivity (Wildman–Crippen MR) is 81.9 cm³/mol. The van der Waals surface area contributed by atoms with Crippen molar-refractivity contribution >= 4 is 5.84 Å². The summed E-state index contributed by atoms with van der Waals surface area (Å²) in [5, 5.41) is 25.3. The van der Waals surface area contributed by atoms with Gasteiger partial charge in [0.1, 0.15) is 5.84 Å².